The first-order valence-electron chi connectivity index (χ1n) is 5.51. The Bertz CT molecular complexity index is 773. The van der Waals surface area contributed by atoms with E-state index >= 15 is 0 Å². The molecule has 0 unspecified atom stereocenters. The molecule has 2 heterocycles. The molecule has 3 aromatic rings. The molecule has 0 saturated carbocycles. The predicted molar refractivity (Wildman–Crippen MR) is 71.1 cm³/mol. The second kappa shape index (κ2) is 4.27. The van der Waals surface area contributed by atoms with Gasteiger partial charge in [-0.25, -0.2) is 4.99 Å². The fourth-order valence-electron chi connectivity index (χ4n) is 1.74. The average molecular weight is 257 g/mol. The van der Waals surface area contributed by atoms with Crippen molar-refractivity contribution in [2.45, 2.75) is 6.92 Å². The van der Waals surface area contributed by atoms with Gasteiger partial charge in [0.15, 0.2) is 5.65 Å². The molecule has 0 aliphatic carbocycles. The summed E-state index contributed by atoms with van der Waals surface area (Å²) in [5.41, 5.74) is 2.67. The van der Waals surface area contributed by atoms with Gasteiger partial charge in [-0.3, -0.25) is 4.40 Å². The summed E-state index contributed by atoms with van der Waals surface area (Å²) in [6.45, 7) is 1.92. The average Bonchev–Trinajstić information content (AvgIpc) is 2.76. The number of hydrogen-bond acceptors (Lipinski definition) is 4. The Hall–Kier alpha value is -2.14. The lowest BCUT2D eigenvalue weighted by Crippen LogP contribution is -2.04. The van der Waals surface area contributed by atoms with Crippen LogP contribution in [0.25, 0.3) is 5.65 Å². The van der Waals surface area contributed by atoms with E-state index in [-0.39, 0.29) is 5.75 Å². The number of rotatable bonds is 1. The number of hydrogen-bond donors (Lipinski definition) is 1. The lowest BCUT2D eigenvalue weighted by Gasteiger charge is -1.99. The van der Waals surface area contributed by atoms with Crippen molar-refractivity contribution in [1.29, 1.82) is 0 Å². The smallest absolute Gasteiger partial charge is 0.213 e. The summed E-state index contributed by atoms with van der Waals surface area (Å²) in [5, 5.41) is 9.38. The Morgan fingerprint density at radius 3 is 3.00 bits per heavy atom. The van der Waals surface area contributed by atoms with E-state index in [9.17, 15) is 5.11 Å². The summed E-state index contributed by atoms with van der Waals surface area (Å²) in [6.07, 6.45) is 1.94. The van der Waals surface area contributed by atoms with Gasteiger partial charge < -0.3 is 5.11 Å². The molecule has 18 heavy (non-hydrogen) atoms. The molecule has 0 amide bonds. The van der Waals surface area contributed by atoms with E-state index in [1.54, 1.807) is 18.2 Å². The minimum atomic E-state index is 0.258. The van der Waals surface area contributed by atoms with Crippen molar-refractivity contribution in [1.82, 2.24) is 8.77 Å². The van der Waals surface area contributed by atoms with E-state index in [0.29, 0.717) is 0 Å². The van der Waals surface area contributed by atoms with E-state index in [1.165, 1.54) is 11.5 Å². The van der Waals surface area contributed by atoms with Crippen molar-refractivity contribution in [3.05, 3.63) is 53.0 Å². The highest BCUT2D eigenvalue weighted by atomic mass is 32.1. The predicted octanol–water partition coefficient (Wildman–Crippen LogP) is 2.64. The van der Waals surface area contributed by atoms with Crippen molar-refractivity contribution in [2.75, 3.05) is 0 Å². The normalized spacial score (nSPS) is 12.2. The van der Waals surface area contributed by atoms with E-state index in [2.05, 4.69) is 9.37 Å². The van der Waals surface area contributed by atoms with Gasteiger partial charge in [0.1, 0.15) is 5.75 Å². The van der Waals surface area contributed by atoms with Gasteiger partial charge in [-0.1, -0.05) is 6.07 Å². The third-order valence-corrected chi connectivity index (χ3v) is 3.39. The van der Waals surface area contributed by atoms with Gasteiger partial charge in [0, 0.05) is 17.7 Å². The van der Waals surface area contributed by atoms with Crippen molar-refractivity contribution in [3.63, 3.8) is 0 Å². The Labute approximate surface area is 108 Å². The topological polar surface area (TPSA) is 49.9 Å². The van der Waals surface area contributed by atoms with E-state index in [0.717, 1.165) is 21.7 Å². The number of phenolic OH excluding ortho intramolecular Hbond substituents is 1. The molecule has 4 nitrogen and oxygen atoms in total. The van der Waals surface area contributed by atoms with E-state index in [4.69, 9.17) is 0 Å². The van der Waals surface area contributed by atoms with Gasteiger partial charge in [-0.2, -0.15) is 4.37 Å². The third-order valence-electron chi connectivity index (χ3n) is 2.66. The van der Waals surface area contributed by atoms with E-state index in [1.807, 2.05) is 35.7 Å². The number of nitrogens with zero attached hydrogens (tertiary/aromatic N) is 3. The van der Waals surface area contributed by atoms with Gasteiger partial charge in [0.05, 0.1) is 5.69 Å². The molecule has 0 fully saturated rings. The molecule has 2 aromatic heterocycles. The first-order valence-corrected chi connectivity index (χ1v) is 6.29. The van der Waals surface area contributed by atoms with Gasteiger partial charge in [0.2, 0.25) is 4.80 Å². The third kappa shape index (κ3) is 1.89. The van der Waals surface area contributed by atoms with Crippen LogP contribution in [0.3, 0.4) is 0 Å². The Kier molecular flexibility index (Phi) is 2.60. The van der Waals surface area contributed by atoms with Crippen molar-refractivity contribution < 1.29 is 5.11 Å². The van der Waals surface area contributed by atoms with Crippen LogP contribution < -0.4 is 4.80 Å². The fraction of sp³-hybridized carbons (Fsp3) is 0.0769. The van der Waals surface area contributed by atoms with Gasteiger partial charge in [-0.05, 0) is 42.8 Å². The zero-order valence-corrected chi connectivity index (χ0v) is 10.6. The van der Waals surface area contributed by atoms with Crippen LogP contribution in [0, 0.1) is 6.92 Å². The summed E-state index contributed by atoms with van der Waals surface area (Å²) in [5.74, 6) is 0.258. The van der Waals surface area contributed by atoms with Gasteiger partial charge >= 0.3 is 0 Å². The molecular formula is C13H11N3OS. The largest absolute Gasteiger partial charge is 0.508 e. The minimum absolute atomic E-state index is 0.258. The molecule has 90 valence electrons. The van der Waals surface area contributed by atoms with Crippen LogP contribution in [0.15, 0.2) is 47.6 Å². The molecule has 0 saturated heterocycles. The molecule has 0 atom stereocenters. The van der Waals surface area contributed by atoms with Crippen molar-refractivity contribution in [3.8, 4) is 5.75 Å². The number of fused-ring (bicyclic) bond motifs is 1. The summed E-state index contributed by atoms with van der Waals surface area (Å²) in [7, 11) is 0. The molecule has 0 aliphatic rings. The second-order valence-corrected chi connectivity index (χ2v) is 4.71. The molecule has 0 radical (unpaired) electrons. The monoisotopic (exact) mass is 257 g/mol. The number of aromatic nitrogens is 2. The number of aryl methyl sites for hydroxylation is 1. The number of benzene rings is 1. The maximum absolute atomic E-state index is 9.38. The fourth-order valence-corrected chi connectivity index (χ4v) is 2.45. The van der Waals surface area contributed by atoms with Crippen molar-refractivity contribution in [2.24, 2.45) is 4.99 Å². The van der Waals surface area contributed by atoms with Crippen LogP contribution in [0.5, 0.6) is 5.75 Å². The Balaban J connectivity index is 2.22. The summed E-state index contributed by atoms with van der Waals surface area (Å²) in [4.78, 5) is 5.40. The standard InChI is InChI=1S/C13H11N3OS/c1-9-8-10(17)5-6-11(9)14-13-16-7-3-2-4-12(16)15-18-13/h2-8,17H,1H3/b14-13-. The lowest BCUT2D eigenvalue weighted by molar-refractivity contribution is 0.475. The zero-order valence-electron chi connectivity index (χ0n) is 9.74. The zero-order chi connectivity index (χ0) is 12.5. The van der Waals surface area contributed by atoms with Crippen LogP contribution >= 0.6 is 11.5 Å². The minimum Gasteiger partial charge on any atom is -0.508 e. The molecule has 5 heteroatoms. The highest BCUT2D eigenvalue weighted by Gasteiger charge is 2.00. The summed E-state index contributed by atoms with van der Waals surface area (Å²) in [6, 6.07) is 11.0. The molecule has 0 spiro atoms. The number of pyridine rings is 1. The Morgan fingerprint density at radius 2 is 2.17 bits per heavy atom. The van der Waals surface area contributed by atoms with Crippen LogP contribution in [0.1, 0.15) is 5.56 Å². The molecule has 1 aromatic carbocycles. The summed E-state index contributed by atoms with van der Waals surface area (Å²) < 4.78 is 6.26. The van der Waals surface area contributed by atoms with Gasteiger partial charge in [0.25, 0.3) is 0 Å². The second-order valence-electron chi connectivity index (χ2n) is 3.98. The lowest BCUT2D eigenvalue weighted by atomic mass is 10.2. The first kappa shape index (κ1) is 11.0. The van der Waals surface area contributed by atoms with Crippen molar-refractivity contribution >= 4 is 22.9 Å². The molecule has 3 rings (SSSR count). The first-order chi connectivity index (χ1) is 8.74. The summed E-state index contributed by atoms with van der Waals surface area (Å²) >= 11 is 1.35. The highest BCUT2D eigenvalue weighted by molar-refractivity contribution is 7.03. The number of phenols is 1. The molecular weight excluding hydrogens is 246 g/mol. The quantitative estimate of drug-likeness (QED) is 0.728. The maximum atomic E-state index is 9.38. The van der Waals surface area contributed by atoms with Crippen LogP contribution in [-0.2, 0) is 0 Å². The molecule has 1 N–H and O–H groups in total. The maximum Gasteiger partial charge on any atom is 0.213 e. The van der Waals surface area contributed by atoms with Crippen LogP contribution in [-0.4, -0.2) is 13.9 Å². The van der Waals surface area contributed by atoms with E-state index < -0.39 is 0 Å². The highest BCUT2D eigenvalue weighted by Crippen LogP contribution is 2.22. The van der Waals surface area contributed by atoms with Crippen LogP contribution in [0.2, 0.25) is 0 Å². The van der Waals surface area contributed by atoms with Crippen LogP contribution in [0.4, 0.5) is 5.69 Å². The molecule has 0 bridgehead atoms. The Morgan fingerprint density at radius 1 is 1.28 bits per heavy atom. The molecule has 0 aliphatic heterocycles. The van der Waals surface area contributed by atoms with Gasteiger partial charge in [-0.15, -0.1) is 0 Å². The SMILES string of the molecule is Cc1cc(O)ccc1/N=c1\snc2ccccn12. The number of aromatic hydroxyl groups is 1.